The summed E-state index contributed by atoms with van der Waals surface area (Å²) in [6.45, 7) is 4.26. The first-order chi connectivity index (χ1) is 12.1. The zero-order chi connectivity index (χ0) is 18.1. The molecule has 0 saturated heterocycles. The van der Waals surface area contributed by atoms with Gasteiger partial charge in [0.15, 0.2) is 0 Å². The molecule has 0 bridgehead atoms. The topological polar surface area (TPSA) is 52.6 Å². The van der Waals surface area contributed by atoms with E-state index in [-0.39, 0.29) is 5.97 Å². The predicted octanol–water partition coefficient (Wildman–Crippen LogP) is 4.82. The largest absolute Gasteiger partial charge is 0.462 e. The van der Waals surface area contributed by atoms with E-state index in [1.54, 1.807) is 43.3 Å². The van der Waals surface area contributed by atoms with E-state index in [9.17, 15) is 9.59 Å². The van der Waals surface area contributed by atoms with E-state index in [0.717, 1.165) is 12.8 Å². The van der Waals surface area contributed by atoms with Gasteiger partial charge in [0, 0.05) is 0 Å². The standard InChI is InChI=1S/C21H24O4/c1-3-5-6-7-16-8-10-18(11-9-16)21(23)25-19-14-12-17(13-15-19)20(22)24-4-2/h8-15H,3-7H2,1-2H3. The van der Waals surface area contributed by atoms with E-state index in [4.69, 9.17) is 9.47 Å². The maximum absolute atomic E-state index is 12.2. The Balaban J connectivity index is 1.93. The van der Waals surface area contributed by atoms with Crippen LogP contribution < -0.4 is 4.74 Å². The lowest BCUT2D eigenvalue weighted by Gasteiger charge is -2.07. The highest BCUT2D eigenvalue weighted by Crippen LogP contribution is 2.16. The molecule has 2 aromatic rings. The van der Waals surface area contributed by atoms with Gasteiger partial charge < -0.3 is 9.47 Å². The number of hydrogen-bond acceptors (Lipinski definition) is 4. The lowest BCUT2D eigenvalue weighted by Crippen LogP contribution is -2.09. The summed E-state index contributed by atoms with van der Waals surface area (Å²) in [5.41, 5.74) is 2.16. The number of hydrogen-bond donors (Lipinski definition) is 0. The van der Waals surface area contributed by atoms with Gasteiger partial charge in [-0.1, -0.05) is 31.9 Å². The molecule has 0 unspecified atom stereocenters. The van der Waals surface area contributed by atoms with Crippen molar-refractivity contribution in [3.63, 3.8) is 0 Å². The molecule has 132 valence electrons. The number of unbranched alkanes of at least 4 members (excludes halogenated alkanes) is 2. The Kier molecular flexibility index (Phi) is 7.20. The minimum Gasteiger partial charge on any atom is -0.462 e. The van der Waals surface area contributed by atoms with Crippen LogP contribution in [0.25, 0.3) is 0 Å². The van der Waals surface area contributed by atoms with Crippen LogP contribution in [0.3, 0.4) is 0 Å². The average molecular weight is 340 g/mol. The van der Waals surface area contributed by atoms with Crippen LogP contribution in [0, 0.1) is 0 Å². The lowest BCUT2D eigenvalue weighted by atomic mass is 10.1. The van der Waals surface area contributed by atoms with Crippen LogP contribution in [-0.2, 0) is 11.2 Å². The van der Waals surface area contributed by atoms with E-state index in [1.165, 1.54) is 18.4 Å². The van der Waals surface area contributed by atoms with Gasteiger partial charge in [0.25, 0.3) is 0 Å². The Hall–Kier alpha value is -2.62. The molecule has 4 nitrogen and oxygen atoms in total. The molecular weight excluding hydrogens is 316 g/mol. The Morgan fingerprint density at radius 1 is 0.800 bits per heavy atom. The summed E-state index contributed by atoms with van der Waals surface area (Å²) in [6.07, 6.45) is 4.59. The zero-order valence-electron chi connectivity index (χ0n) is 14.8. The minimum absolute atomic E-state index is 0.323. The lowest BCUT2D eigenvalue weighted by molar-refractivity contribution is 0.0526. The summed E-state index contributed by atoms with van der Waals surface area (Å²) >= 11 is 0. The molecule has 0 aliphatic carbocycles. The number of rotatable bonds is 8. The SMILES string of the molecule is CCCCCc1ccc(C(=O)Oc2ccc(C(=O)OCC)cc2)cc1. The predicted molar refractivity (Wildman–Crippen MR) is 97.0 cm³/mol. The van der Waals surface area contributed by atoms with Gasteiger partial charge in [-0.2, -0.15) is 0 Å². The van der Waals surface area contributed by atoms with Gasteiger partial charge >= 0.3 is 11.9 Å². The second-order valence-corrected chi connectivity index (χ2v) is 5.79. The van der Waals surface area contributed by atoms with E-state index in [2.05, 4.69) is 6.92 Å². The molecule has 0 aliphatic heterocycles. The Labute approximate surface area is 148 Å². The summed E-state index contributed by atoms with van der Waals surface area (Å²) in [6, 6.07) is 13.8. The van der Waals surface area contributed by atoms with Crippen LogP contribution in [0.5, 0.6) is 5.75 Å². The first-order valence-electron chi connectivity index (χ1n) is 8.72. The highest BCUT2D eigenvalue weighted by molar-refractivity contribution is 5.92. The number of esters is 2. The molecule has 0 radical (unpaired) electrons. The van der Waals surface area contributed by atoms with Gasteiger partial charge in [0.2, 0.25) is 0 Å². The molecule has 0 fully saturated rings. The molecule has 0 amide bonds. The van der Waals surface area contributed by atoms with Crippen molar-refractivity contribution in [1.82, 2.24) is 0 Å². The molecule has 2 aromatic carbocycles. The average Bonchev–Trinajstić information content (AvgIpc) is 2.63. The number of carbonyl (C=O) groups is 2. The third-order valence-electron chi connectivity index (χ3n) is 3.83. The maximum atomic E-state index is 12.2. The molecule has 25 heavy (non-hydrogen) atoms. The summed E-state index contributed by atoms with van der Waals surface area (Å²) in [5.74, 6) is -0.409. The van der Waals surface area contributed by atoms with Crippen molar-refractivity contribution in [2.24, 2.45) is 0 Å². The Bertz CT molecular complexity index is 687. The number of benzene rings is 2. The quantitative estimate of drug-likeness (QED) is 0.393. The Morgan fingerprint density at radius 3 is 2.00 bits per heavy atom. The molecule has 0 heterocycles. The first-order valence-corrected chi connectivity index (χ1v) is 8.72. The maximum Gasteiger partial charge on any atom is 0.343 e. The molecule has 0 saturated carbocycles. The fourth-order valence-electron chi connectivity index (χ4n) is 2.43. The van der Waals surface area contributed by atoms with Crippen molar-refractivity contribution in [2.45, 2.75) is 39.5 Å². The molecule has 0 N–H and O–H groups in total. The summed E-state index contributed by atoms with van der Waals surface area (Å²) < 4.78 is 10.3. The van der Waals surface area contributed by atoms with E-state index in [0.29, 0.717) is 23.5 Å². The van der Waals surface area contributed by atoms with Crippen molar-refractivity contribution < 1.29 is 19.1 Å². The van der Waals surface area contributed by atoms with Crippen LogP contribution in [0.15, 0.2) is 48.5 Å². The van der Waals surface area contributed by atoms with Crippen molar-refractivity contribution in [1.29, 1.82) is 0 Å². The molecule has 0 spiro atoms. The smallest absolute Gasteiger partial charge is 0.343 e. The molecule has 4 heteroatoms. The van der Waals surface area contributed by atoms with E-state index >= 15 is 0 Å². The van der Waals surface area contributed by atoms with Crippen molar-refractivity contribution in [3.8, 4) is 5.75 Å². The Morgan fingerprint density at radius 2 is 1.40 bits per heavy atom. The van der Waals surface area contributed by atoms with Gasteiger partial charge in [-0.3, -0.25) is 0 Å². The fourth-order valence-corrected chi connectivity index (χ4v) is 2.43. The first kappa shape index (κ1) is 18.7. The highest BCUT2D eigenvalue weighted by atomic mass is 16.5. The van der Waals surface area contributed by atoms with Gasteiger partial charge in [-0.25, -0.2) is 9.59 Å². The number of carbonyl (C=O) groups excluding carboxylic acids is 2. The van der Waals surface area contributed by atoms with E-state index in [1.807, 2.05) is 12.1 Å². The second-order valence-electron chi connectivity index (χ2n) is 5.79. The summed E-state index contributed by atoms with van der Waals surface area (Å²) in [5, 5.41) is 0. The third kappa shape index (κ3) is 5.75. The van der Waals surface area contributed by atoms with Gasteiger partial charge in [-0.05, 0) is 61.7 Å². The van der Waals surface area contributed by atoms with Crippen molar-refractivity contribution in [3.05, 3.63) is 65.2 Å². The summed E-state index contributed by atoms with van der Waals surface area (Å²) in [7, 11) is 0. The monoisotopic (exact) mass is 340 g/mol. The van der Waals surface area contributed by atoms with Gasteiger partial charge in [-0.15, -0.1) is 0 Å². The highest BCUT2D eigenvalue weighted by Gasteiger charge is 2.10. The molecule has 0 aromatic heterocycles. The molecule has 2 rings (SSSR count). The van der Waals surface area contributed by atoms with Gasteiger partial charge in [0.1, 0.15) is 5.75 Å². The molecular formula is C21H24O4. The number of aryl methyl sites for hydroxylation is 1. The molecule has 0 aliphatic rings. The van der Waals surface area contributed by atoms with Crippen molar-refractivity contribution in [2.75, 3.05) is 6.61 Å². The summed E-state index contributed by atoms with van der Waals surface area (Å²) in [4.78, 5) is 23.8. The molecule has 0 atom stereocenters. The van der Waals surface area contributed by atoms with Crippen LogP contribution in [-0.4, -0.2) is 18.5 Å². The normalized spacial score (nSPS) is 10.3. The van der Waals surface area contributed by atoms with Crippen LogP contribution in [0.1, 0.15) is 59.4 Å². The van der Waals surface area contributed by atoms with Crippen LogP contribution in [0.4, 0.5) is 0 Å². The van der Waals surface area contributed by atoms with Crippen molar-refractivity contribution >= 4 is 11.9 Å². The van der Waals surface area contributed by atoms with Crippen LogP contribution >= 0.6 is 0 Å². The van der Waals surface area contributed by atoms with E-state index < -0.39 is 5.97 Å². The minimum atomic E-state index is -0.413. The zero-order valence-corrected chi connectivity index (χ0v) is 14.8. The van der Waals surface area contributed by atoms with Gasteiger partial charge in [0.05, 0.1) is 17.7 Å². The second kappa shape index (κ2) is 9.62. The third-order valence-corrected chi connectivity index (χ3v) is 3.83. The van der Waals surface area contributed by atoms with Crippen LogP contribution in [0.2, 0.25) is 0 Å². The number of ether oxygens (including phenoxy) is 2. The fraction of sp³-hybridized carbons (Fsp3) is 0.333.